The van der Waals surface area contributed by atoms with E-state index < -0.39 is 0 Å². The number of aromatic hydroxyl groups is 1. The molecule has 4 aromatic rings. The molecule has 0 radical (unpaired) electrons. The molecule has 0 spiro atoms. The number of benzene rings is 3. The first-order valence-corrected chi connectivity index (χ1v) is 8.77. The van der Waals surface area contributed by atoms with Gasteiger partial charge in [-0.05, 0) is 55.0 Å². The smallest absolute Gasteiger partial charge is 0.262 e. The molecular weight excluding hydrogens is 356 g/mol. The van der Waals surface area contributed by atoms with E-state index in [-0.39, 0.29) is 24.2 Å². The van der Waals surface area contributed by atoms with E-state index in [4.69, 9.17) is 9.15 Å². The summed E-state index contributed by atoms with van der Waals surface area (Å²) >= 11 is 0. The van der Waals surface area contributed by atoms with Crippen molar-refractivity contribution in [3.63, 3.8) is 0 Å². The van der Waals surface area contributed by atoms with Crippen LogP contribution in [0.3, 0.4) is 0 Å². The molecule has 140 valence electrons. The van der Waals surface area contributed by atoms with Crippen LogP contribution in [0.15, 0.2) is 71.1 Å². The first-order chi connectivity index (χ1) is 13.6. The number of carbonyl (C=O) groups is 1. The highest BCUT2D eigenvalue weighted by Gasteiger charge is 2.14. The molecule has 1 heterocycles. The van der Waals surface area contributed by atoms with E-state index in [9.17, 15) is 9.90 Å². The van der Waals surface area contributed by atoms with Crippen molar-refractivity contribution >= 4 is 22.7 Å². The van der Waals surface area contributed by atoms with Crippen LogP contribution in [-0.4, -0.2) is 22.6 Å². The Hall–Kier alpha value is -3.80. The number of phenols is 1. The van der Waals surface area contributed by atoms with Gasteiger partial charge >= 0.3 is 0 Å². The SMILES string of the molecule is Cc1cccc(OCC(=O)Nc2ccc(O)c(-c3nc4ccccc4o3)c2)c1. The summed E-state index contributed by atoms with van der Waals surface area (Å²) in [5.41, 5.74) is 3.27. The number of phenolic OH excluding ortho intramolecular Hbond substituents is 1. The second-order valence-electron chi connectivity index (χ2n) is 6.37. The van der Waals surface area contributed by atoms with E-state index in [0.29, 0.717) is 28.1 Å². The lowest BCUT2D eigenvalue weighted by Gasteiger charge is -2.09. The molecule has 6 nitrogen and oxygen atoms in total. The number of rotatable bonds is 5. The molecule has 0 aliphatic heterocycles. The summed E-state index contributed by atoms with van der Waals surface area (Å²) in [6, 6.07) is 19.5. The van der Waals surface area contributed by atoms with Gasteiger partial charge in [0, 0.05) is 5.69 Å². The van der Waals surface area contributed by atoms with Gasteiger partial charge in [-0.3, -0.25) is 4.79 Å². The van der Waals surface area contributed by atoms with E-state index in [0.717, 1.165) is 5.56 Å². The average molecular weight is 374 g/mol. The third kappa shape index (κ3) is 3.81. The number of anilines is 1. The molecule has 0 aliphatic carbocycles. The minimum atomic E-state index is -0.310. The number of oxazole rings is 1. The standard InChI is InChI=1S/C22H18N2O4/c1-14-5-4-6-16(11-14)27-13-21(26)23-15-9-10-19(25)17(12-15)22-24-18-7-2-3-8-20(18)28-22/h2-12,25H,13H2,1H3,(H,23,26). The Balaban J connectivity index is 1.49. The average Bonchev–Trinajstić information content (AvgIpc) is 3.12. The predicted octanol–water partition coefficient (Wildman–Crippen LogP) is 4.53. The highest BCUT2D eigenvalue weighted by molar-refractivity contribution is 5.93. The molecule has 1 aromatic heterocycles. The van der Waals surface area contributed by atoms with E-state index >= 15 is 0 Å². The Labute approximate surface area is 161 Å². The lowest BCUT2D eigenvalue weighted by Crippen LogP contribution is -2.20. The van der Waals surface area contributed by atoms with Crippen molar-refractivity contribution in [1.82, 2.24) is 4.98 Å². The molecule has 0 saturated heterocycles. The molecule has 0 unspecified atom stereocenters. The van der Waals surface area contributed by atoms with Gasteiger partial charge in [0.15, 0.2) is 12.2 Å². The van der Waals surface area contributed by atoms with Crippen molar-refractivity contribution in [2.75, 3.05) is 11.9 Å². The Morgan fingerprint density at radius 3 is 2.79 bits per heavy atom. The molecule has 4 rings (SSSR count). The van der Waals surface area contributed by atoms with Crippen LogP contribution in [0, 0.1) is 6.92 Å². The number of fused-ring (bicyclic) bond motifs is 1. The summed E-state index contributed by atoms with van der Waals surface area (Å²) in [6.45, 7) is 1.83. The first kappa shape index (κ1) is 17.6. The fourth-order valence-corrected chi connectivity index (χ4v) is 2.82. The van der Waals surface area contributed by atoms with Gasteiger partial charge in [-0.15, -0.1) is 0 Å². The maximum atomic E-state index is 12.2. The number of carbonyl (C=O) groups excluding carboxylic acids is 1. The van der Waals surface area contributed by atoms with E-state index in [2.05, 4.69) is 10.3 Å². The molecule has 2 N–H and O–H groups in total. The van der Waals surface area contributed by atoms with Crippen LogP contribution in [0.25, 0.3) is 22.6 Å². The number of hydrogen-bond acceptors (Lipinski definition) is 5. The topological polar surface area (TPSA) is 84.6 Å². The van der Waals surface area contributed by atoms with Crippen LogP contribution in [0.4, 0.5) is 5.69 Å². The lowest BCUT2D eigenvalue weighted by molar-refractivity contribution is -0.118. The Kier molecular flexibility index (Phi) is 4.68. The maximum absolute atomic E-state index is 12.2. The van der Waals surface area contributed by atoms with Crippen LogP contribution in [0.5, 0.6) is 11.5 Å². The second-order valence-corrected chi connectivity index (χ2v) is 6.37. The van der Waals surface area contributed by atoms with E-state index in [1.807, 2.05) is 43.3 Å². The predicted molar refractivity (Wildman–Crippen MR) is 106 cm³/mol. The van der Waals surface area contributed by atoms with Gasteiger partial charge in [-0.2, -0.15) is 0 Å². The summed E-state index contributed by atoms with van der Waals surface area (Å²) < 4.78 is 11.2. The van der Waals surface area contributed by atoms with Gasteiger partial charge in [-0.25, -0.2) is 4.98 Å². The summed E-state index contributed by atoms with van der Waals surface area (Å²) in [6.07, 6.45) is 0. The van der Waals surface area contributed by atoms with E-state index in [1.54, 1.807) is 24.3 Å². The van der Waals surface area contributed by atoms with Crippen LogP contribution >= 0.6 is 0 Å². The monoisotopic (exact) mass is 374 g/mol. The molecule has 0 aliphatic rings. The third-order valence-electron chi connectivity index (χ3n) is 4.16. The Morgan fingerprint density at radius 1 is 1.11 bits per heavy atom. The zero-order valence-electron chi connectivity index (χ0n) is 15.2. The minimum Gasteiger partial charge on any atom is -0.507 e. The van der Waals surface area contributed by atoms with Crippen molar-refractivity contribution in [2.45, 2.75) is 6.92 Å². The van der Waals surface area contributed by atoms with Gasteiger partial charge in [-0.1, -0.05) is 24.3 Å². The van der Waals surface area contributed by atoms with Crippen molar-refractivity contribution < 1.29 is 19.1 Å². The number of aromatic nitrogens is 1. The highest BCUT2D eigenvalue weighted by Crippen LogP contribution is 2.33. The first-order valence-electron chi connectivity index (χ1n) is 8.77. The number of hydrogen-bond donors (Lipinski definition) is 2. The third-order valence-corrected chi connectivity index (χ3v) is 4.16. The van der Waals surface area contributed by atoms with E-state index in [1.165, 1.54) is 6.07 Å². The summed E-state index contributed by atoms with van der Waals surface area (Å²) in [7, 11) is 0. The van der Waals surface area contributed by atoms with Gasteiger partial charge < -0.3 is 19.6 Å². The molecule has 28 heavy (non-hydrogen) atoms. The van der Waals surface area contributed by atoms with Crippen molar-refractivity contribution in [2.24, 2.45) is 0 Å². The summed E-state index contributed by atoms with van der Waals surface area (Å²) in [4.78, 5) is 16.6. The number of ether oxygens (including phenoxy) is 1. The lowest BCUT2D eigenvalue weighted by atomic mass is 10.1. The second kappa shape index (κ2) is 7.44. The molecule has 0 saturated carbocycles. The fourth-order valence-electron chi connectivity index (χ4n) is 2.82. The number of aryl methyl sites for hydroxylation is 1. The number of para-hydroxylation sites is 2. The maximum Gasteiger partial charge on any atom is 0.262 e. The molecule has 1 amide bonds. The van der Waals surface area contributed by atoms with Crippen LogP contribution in [0.1, 0.15) is 5.56 Å². The minimum absolute atomic E-state index is 0.0144. The Bertz CT molecular complexity index is 1120. The van der Waals surface area contributed by atoms with Gasteiger partial charge in [0.2, 0.25) is 5.89 Å². The normalized spacial score (nSPS) is 10.8. The molecule has 0 bridgehead atoms. The quantitative estimate of drug-likeness (QED) is 0.502. The zero-order chi connectivity index (χ0) is 19.5. The van der Waals surface area contributed by atoms with Gasteiger partial charge in [0.1, 0.15) is 17.0 Å². The molecule has 3 aromatic carbocycles. The number of amides is 1. The molecule has 6 heteroatoms. The van der Waals surface area contributed by atoms with Crippen molar-refractivity contribution in [1.29, 1.82) is 0 Å². The molecule has 0 atom stereocenters. The molecule has 0 fully saturated rings. The Morgan fingerprint density at radius 2 is 1.96 bits per heavy atom. The van der Waals surface area contributed by atoms with Gasteiger partial charge in [0.25, 0.3) is 5.91 Å². The van der Waals surface area contributed by atoms with Crippen LogP contribution in [0.2, 0.25) is 0 Å². The highest BCUT2D eigenvalue weighted by atomic mass is 16.5. The number of nitrogens with zero attached hydrogens (tertiary/aromatic N) is 1. The largest absolute Gasteiger partial charge is 0.507 e. The zero-order valence-corrected chi connectivity index (χ0v) is 15.2. The van der Waals surface area contributed by atoms with Crippen LogP contribution in [-0.2, 0) is 4.79 Å². The summed E-state index contributed by atoms with van der Waals surface area (Å²) in [5.74, 6) is 0.620. The number of nitrogens with one attached hydrogen (secondary N) is 1. The molecular formula is C22H18N2O4. The van der Waals surface area contributed by atoms with Crippen molar-refractivity contribution in [3.05, 3.63) is 72.3 Å². The van der Waals surface area contributed by atoms with Gasteiger partial charge in [0.05, 0.1) is 5.56 Å². The van der Waals surface area contributed by atoms with Crippen molar-refractivity contribution in [3.8, 4) is 23.0 Å². The fraction of sp³-hybridized carbons (Fsp3) is 0.0909. The van der Waals surface area contributed by atoms with Crippen LogP contribution < -0.4 is 10.1 Å². The summed E-state index contributed by atoms with van der Waals surface area (Å²) in [5, 5.41) is 12.9.